The van der Waals surface area contributed by atoms with Gasteiger partial charge < -0.3 is 4.74 Å². The van der Waals surface area contributed by atoms with Crippen molar-refractivity contribution in [2.45, 2.75) is 24.5 Å². The first kappa shape index (κ1) is 14.9. The second kappa shape index (κ2) is 5.24. The van der Waals surface area contributed by atoms with Gasteiger partial charge in [-0.25, -0.2) is 8.99 Å². The van der Waals surface area contributed by atoms with Gasteiger partial charge in [-0.3, -0.25) is 4.79 Å². The first-order valence-corrected chi connectivity index (χ1v) is 10.8. The molecular weight excluding hydrogens is 266 g/mol. The summed E-state index contributed by atoms with van der Waals surface area (Å²) >= 11 is 0. The summed E-state index contributed by atoms with van der Waals surface area (Å²) in [5.41, 5.74) is 0. The summed E-state index contributed by atoms with van der Waals surface area (Å²) in [5.74, 6) is -1.01. The Bertz CT molecular complexity index is 529. The lowest BCUT2D eigenvalue weighted by Crippen LogP contribution is -2.37. The highest BCUT2D eigenvalue weighted by atomic mass is 32.2. The zero-order valence-electron chi connectivity index (χ0n) is 11.1. The molecule has 0 aliphatic carbocycles. The zero-order valence-corrected chi connectivity index (χ0v) is 13.0. The smallest absolute Gasteiger partial charge is 0.319 e. The molecule has 1 N–H and O–H groups in total. The van der Waals surface area contributed by atoms with E-state index in [1.807, 2.05) is 12.1 Å². The lowest BCUT2D eigenvalue weighted by atomic mass is 10.4. The molecule has 1 unspecified atom stereocenters. The summed E-state index contributed by atoms with van der Waals surface area (Å²) in [6.45, 7) is 6.65. The average molecular weight is 285 g/mol. The number of benzene rings is 1. The number of carbonyl (C=O) groups is 1. The molecule has 0 spiro atoms. The molecule has 0 aromatic heterocycles. The highest BCUT2D eigenvalue weighted by Crippen LogP contribution is 2.12. The van der Waals surface area contributed by atoms with E-state index >= 15 is 0 Å². The van der Waals surface area contributed by atoms with Gasteiger partial charge in [0.2, 0.25) is 0 Å². The fourth-order valence-corrected chi connectivity index (χ4v) is 3.84. The predicted octanol–water partition coefficient (Wildman–Crippen LogP) is 1.81. The molecule has 1 aromatic rings. The Morgan fingerprint density at radius 1 is 1.28 bits per heavy atom. The highest BCUT2D eigenvalue weighted by Gasteiger charge is 2.19. The summed E-state index contributed by atoms with van der Waals surface area (Å²) in [4.78, 5) is 11.5. The van der Waals surface area contributed by atoms with Gasteiger partial charge in [-0.05, 0) is 12.1 Å². The van der Waals surface area contributed by atoms with E-state index in [1.165, 1.54) is 12.3 Å². The largest absolute Gasteiger partial charge is 0.468 e. The van der Waals surface area contributed by atoms with Crippen LogP contribution in [0, 0.1) is 4.78 Å². The summed E-state index contributed by atoms with van der Waals surface area (Å²) in [6.07, 6.45) is 0. The van der Waals surface area contributed by atoms with Gasteiger partial charge in [0.1, 0.15) is 5.75 Å². The van der Waals surface area contributed by atoms with Crippen molar-refractivity contribution in [2.75, 3.05) is 12.9 Å². The van der Waals surface area contributed by atoms with Gasteiger partial charge in [0.15, 0.2) is 0 Å². The lowest BCUT2D eigenvalue weighted by Gasteiger charge is -2.17. The van der Waals surface area contributed by atoms with Gasteiger partial charge >= 0.3 is 5.97 Å². The van der Waals surface area contributed by atoms with Crippen LogP contribution in [0.5, 0.6) is 0 Å². The Morgan fingerprint density at radius 3 is 2.17 bits per heavy atom. The van der Waals surface area contributed by atoms with Crippen LogP contribution in [-0.2, 0) is 19.3 Å². The molecule has 1 aromatic carbocycles. The van der Waals surface area contributed by atoms with E-state index in [0.717, 1.165) is 0 Å². The van der Waals surface area contributed by atoms with Crippen LogP contribution in [0.3, 0.4) is 0 Å². The minimum atomic E-state index is -3.09. The molecule has 0 amide bonds. The molecule has 100 valence electrons. The maximum Gasteiger partial charge on any atom is 0.319 e. The summed E-state index contributed by atoms with van der Waals surface area (Å²) in [6, 6.07) is 7.19. The fourth-order valence-electron chi connectivity index (χ4n) is 1.48. The predicted molar refractivity (Wildman–Crippen MR) is 75.4 cm³/mol. The van der Waals surface area contributed by atoms with Crippen LogP contribution < -0.4 is 5.19 Å². The van der Waals surface area contributed by atoms with Crippen molar-refractivity contribution >= 4 is 29.0 Å². The van der Waals surface area contributed by atoms with E-state index in [-0.39, 0.29) is 0 Å². The second-order valence-corrected chi connectivity index (χ2v) is 12.4. The summed E-state index contributed by atoms with van der Waals surface area (Å²) < 4.78 is 24.3. The van der Waals surface area contributed by atoms with Gasteiger partial charge in [0, 0.05) is 4.90 Å². The molecule has 0 radical (unpaired) electrons. The molecule has 0 aliphatic heterocycles. The Balaban J connectivity index is 3.02. The van der Waals surface area contributed by atoms with Crippen LogP contribution in [0.25, 0.3) is 0 Å². The van der Waals surface area contributed by atoms with E-state index in [1.54, 1.807) is 12.1 Å². The molecule has 0 saturated heterocycles. The molecule has 1 rings (SSSR count). The highest BCUT2D eigenvalue weighted by molar-refractivity contribution is 7.93. The molecule has 4 nitrogen and oxygen atoms in total. The number of nitrogens with one attached hydrogen (secondary N) is 1. The second-order valence-electron chi connectivity index (χ2n) is 5.17. The third-order valence-electron chi connectivity index (χ3n) is 2.65. The van der Waals surface area contributed by atoms with Crippen molar-refractivity contribution in [1.82, 2.24) is 0 Å². The SMILES string of the molecule is COC(=O)CS(=N)(=O)c1ccc([Si](C)(C)C)cc1. The Hall–Kier alpha value is -1.14. The van der Waals surface area contributed by atoms with Gasteiger partial charge in [0.25, 0.3) is 0 Å². The Labute approximate surface area is 109 Å². The minimum Gasteiger partial charge on any atom is -0.468 e. The number of rotatable bonds is 4. The molecule has 0 saturated carbocycles. The average Bonchev–Trinajstić information content (AvgIpc) is 2.27. The number of carbonyl (C=O) groups excluding carboxylic acids is 1. The Morgan fingerprint density at radius 2 is 1.78 bits per heavy atom. The van der Waals surface area contributed by atoms with Crippen molar-refractivity contribution in [1.29, 1.82) is 4.78 Å². The summed E-state index contributed by atoms with van der Waals surface area (Å²) in [5, 5.41) is 1.24. The van der Waals surface area contributed by atoms with Crippen molar-refractivity contribution < 1.29 is 13.7 Å². The number of hydrogen-bond acceptors (Lipinski definition) is 4. The number of methoxy groups -OCH3 is 1. The van der Waals surface area contributed by atoms with Crippen LogP contribution in [-0.4, -0.2) is 31.1 Å². The van der Waals surface area contributed by atoms with Crippen molar-refractivity contribution in [3.05, 3.63) is 24.3 Å². The zero-order chi connectivity index (χ0) is 14.0. The van der Waals surface area contributed by atoms with Crippen LogP contribution in [0.2, 0.25) is 19.6 Å². The van der Waals surface area contributed by atoms with Crippen LogP contribution >= 0.6 is 0 Å². The maximum absolute atomic E-state index is 12.1. The van der Waals surface area contributed by atoms with Gasteiger partial charge in [-0.15, -0.1) is 0 Å². The first-order valence-electron chi connectivity index (χ1n) is 5.61. The fraction of sp³-hybridized carbons (Fsp3) is 0.417. The minimum absolute atomic E-state index is 0.384. The van der Waals surface area contributed by atoms with E-state index in [2.05, 4.69) is 24.4 Å². The van der Waals surface area contributed by atoms with Crippen molar-refractivity contribution in [3.8, 4) is 0 Å². The van der Waals surface area contributed by atoms with Gasteiger partial charge in [-0.1, -0.05) is 37.0 Å². The van der Waals surface area contributed by atoms with Crippen molar-refractivity contribution in [3.63, 3.8) is 0 Å². The van der Waals surface area contributed by atoms with E-state index in [4.69, 9.17) is 4.78 Å². The number of ether oxygens (including phenoxy) is 1. The summed E-state index contributed by atoms with van der Waals surface area (Å²) in [7, 11) is -3.26. The van der Waals surface area contributed by atoms with Gasteiger partial charge in [-0.2, -0.15) is 0 Å². The van der Waals surface area contributed by atoms with E-state index in [9.17, 15) is 9.00 Å². The number of hydrogen-bond donors (Lipinski definition) is 1. The third-order valence-corrected chi connectivity index (χ3v) is 6.39. The molecule has 1 atom stereocenters. The standard InChI is InChI=1S/C12H19NO3SSi/c1-16-12(14)9-17(13,15)10-5-7-11(8-6-10)18(2,3)4/h5-8,13H,9H2,1-4H3. The monoisotopic (exact) mass is 285 g/mol. The topological polar surface area (TPSA) is 67.2 Å². The van der Waals surface area contributed by atoms with Crippen LogP contribution in [0.1, 0.15) is 0 Å². The molecule has 18 heavy (non-hydrogen) atoms. The molecule has 6 heteroatoms. The Kier molecular flexibility index (Phi) is 4.34. The third kappa shape index (κ3) is 3.68. The first-order chi connectivity index (χ1) is 8.16. The van der Waals surface area contributed by atoms with E-state index < -0.39 is 29.5 Å². The van der Waals surface area contributed by atoms with E-state index in [0.29, 0.717) is 4.90 Å². The van der Waals surface area contributed by atoms with Crippen LogP contribution in [0.4, 0.5) is 0 Å². The molecular formula is C12H19NO3SSi. The van der Waals surface area contributed by atoms with Gasteiger partial charge in [0.05, 0.1) is 24.9 Å². The maximum atomic E-state index is 12.1. The molecule has 0 bridgehead atoms. The lowest BCUT2D eigenvalue weighted by molar-refractivity contribution is -0.137. The van der Waals surface area contributed by atoms with Crippen molar-refractivity contribution in [2.24, 2.45) is 0 Å². The molecule has 0 heterocycles. The quantitative estimate of drug-likeness (QED) is 0.677. The number of esters is 1. The molecule has 0 aliphatic rings. The van der Waals surface area contributed by atoms with Crippen LogP contribution in [0.15, 0.2) is 29.2 Å². The molecule has 0 fully saturated rings. The normalized spacial score (nSPS) is 14.9.